The molecule has 0 unspecified atom stereocenters. The number of hydrogen-bond acceptors (Lipinski definition) is 4. The first kappa shape index (κ1) is 12.5. The second kappa shape index (κ2) is 4.98. The van der Waals surface area contributed by atoms with Crippen LogP contribution in [0, 0.1) is 0 Å². The van der Waals surface area contributed by atoms with Crippen molar-refractivity contribution in [2.75, 3.05) is 7.11 Å². The predicted molar refractivity (Wildman–Crippen MR) is 58.7 cm³/mol. The smallest absolute Gasteiger partial charge is 0.372 e. The average Bonchev–Trinajstić information content (AvgIpc) is 2.25. The van der Waals surface area contributed by atoms with Gasteiger partial charge in [0.15, 0.2) is 11.5 Å². The zero-order valence-corrected chi connectivity index (χ0v) is 9.94. The molecular weight excluding hydrogens is 280 g/mol. The SMILES string of the molecule is COc1ccc(CC(=O)C(=O)O)c(Br)c1O. The maximum Gasteiger partial charge on any atom is 0.372 e. The number of Topliss-reactive ketones (excluding diaryl/α,β-unsaturated/α-hetero) is 1. The van der Waals surface area contributed by atoms with E-state index in [0.717, 1.165) is 0 Å². The Morgan fingerprint density at radius 3 is 2.56 bits per heavy atom. The molecule has 6 heteroatoms. The minimum absolute atomic E-state index is 0.154. The fourth-order valence-electron chi connectivity index (χ4n) is 1.14. The molecule has 0 atom stereocenters. The maximum absolute atomic E-state index is 11.0. The van der Waals surface area contributed by atoms with Crippen molar-refractivity contribution in [1.82, 2.24) is 0 Å². The second-order valence-electron chi connectivity index (χ2n) is 2.99. The van der Waals surface area contributed by atoms with Crippen molar-refractivity contribution in [3.8, 4) is 11.5 Å². The molecule has 16 heavy (non-hydrogen) atoms. The number of phenols is 1. The van der Waals surface area contributed by atoms with Crippen LogP contribution in [-0.4, -0.2) is 29.1 Å². The van der Waals surface area contributed by atoms with Gasteiger partial charge >= 0.3 is 5.97 Å². The number of benzene rings is 1. The number of ether oxygens (including phenoxy) is 1. The van der Waals surface area contributed by atoms with Crippen molar-refractivity contribution < 1.29 is 24.5 Å². The lowest BCUT2D eigenvalue weighted by molar-refractivity contribution is -0.148. The van der Waals surface area contributed by atoms with Gasteiger partial charge in [-0.2, -0.15) is 0 Å². The van der Waals surface area contributed by atoms with Crippen LogP contribution in [0.2, 0.25) is 0 Å². The van der Waals surface area contributed by atoms with E-state index in [1.165, 1.54) is 19.2 Å². The number of carboxylic acids is 1. The fraction of sp³-hybridized carbons (Fsp3) is 0.200. The Labute approximate surface area is 99.8 Å². The first-order valence-electron chi connectivity index (χ1n) is 4.27. The van der Waals surface area contributed by atoms with Gasteiger partial charge in [-0.15, -0.1) is 0 Å². The number of carboxylic acid groups (broad SMARTS) is 1. The summed E-state index contributed by atoms with van der Waals surface area (Å²) >= 11 is 3.07. The lowest BCUT2D eigenvalue weighted by Gasteiger charge is -2.08. The van der Waals surface area contributed by atoms with Crippen molar-refractivity contribution in [2.24, 2.45) is 0 Å². The number of hydrogen-bond donors (Lipinski definition) is 2. The molecule has 0 aliphatic heterocycles. The highest BCUT2D eigenvalue weighted by Gasteiger charge is 2.17. The normalized spacial score (nSPS) is 9.88. The van der Waals surface area contributed by atoms with E-state index in [-0.39, 0.29) is 22.4 Å². The van der Waals surface area contributed by atoms with Crippen LogP contribution >= 0.6 is 15.9 Å². The number of halogens is 1. The average molecular weight is 289 g/mol. The molecule has 0 amide bonds. The number of methoxy groups -OCH3 is 1. The van der Waals surface area contributed by atoms with Crippen LogP contribution in [0.3, 0.4) is 0 Å². The summed E-state index contributed by atoms with van der Waals surface area (Å²) in [7, 11) is 1.39. The molecule has 0 aliphatic rings. The lowest BCUT2D eigenvalue weighted by atomic mass is 10.1. The summed E-state index contributed by atoms with van der Waals surface area (Å²) in [5.74, 6) is -2.34. The number of rotatable bonds is 4. The van der Waals surface area contributed by atoms with Crippen LogP contribution in [-0.2, 0) is 16.0 Å². The number of aromatic hydroxyl groups is 1. The first-order chi connectivity index (χ1) is 7.47. The van der Waals surface area contributed by atoms with Crippen LogP contribution < -0.4 is 4.74 Å². The van der Waals surface area contributed by atoms with Crippen molar-refractivity contribution >= 4 is 27.7 Å². The molecule has 1 rings (SSSR count). The molecule has 5 nitrogen and oxygen atoms in total. The van der Waals surface area contributed by atoms with E-state index in [0.29, 0.717) is 5.56 Å². The van der Waals surface area contributed by atoms with Crippen LogP contribution in [0.25, 0.3) is 0 Å². The van der Waals surface area contributed by atoms with Crippen LogP contribution in [0.15, 0.2) is 16.6 Å². The molecule has 0 aliphatic carbocycles. The largest absolute Gasteiger partial charge is 0.503 e. The standard InChI is InChI=1S/C10H9BrO5/c1-16-7-3-2-5(8(11)9(7)13)4-6(12)10(14)15/h2-3,13H,4H2,1H3,(H,14,15). The van der Waals surface area contributed by atoms with Gasteiger partial charge < -0.3 is 14.9 Å². The number of carbonyl (C=O) groups is 2. The summed E-state index contributed by atoms with van der Waals surface area (Å²) in [5.41, 5.74) is 0.394. The van der Waals surface area contributed by atoms with E-state index in [2.05, 4.69) is 15.9 Å². The summed E-state index contributed by atoms with van der Waals surface area (Å²) in [6.07, 6.45) is -0.284. The van der Waals surface area contributed by atoms with Crippen molar-refractivity contribution in [3.05, 3.63) is 22.2 Å². The van der Waals surface area contributed by atoms with Crippen LogP contribution in [0.5, 0.6) is 11.5 Å². The monoisotopic (exact) mass is 288 g/mol. The van der Waals surface area contributed by atoms with Gasteiger partial charge in [0.05, 0.1) is 11.6 Å². The minimum Gasteiger partial charge on any atom is -0.503 e. The van der Waals surface area contributed by atoms with Gasteiger partial charge in [0.2, 0.25) is 5.78 Å². The molecule has 2 N–H and O–H groups in total. The summed E-state index contributed by atoms with van der Waals surface area (Å²) < 4.78 is 5.12. The lowest BCUT2D eigenvalue weighted by Crippen LogP contribution is -2.15. The Hall–Kier alpha value is -1.56. The van der Waals surface area contributed by atoms with E-state index in [1.54, 1.807) is 0 Å². The number of aliphatic carboxylic acids is 1. The third-order valence-electron chi connectivity index (χ3n) is 1.97. The van der Waals surface area contributed by atoms with E-state index in [1.807, 2.05) is 0 Å². The van der Waals surface area contributed by atoms with Crippen molar-refractivity contribution in [1.29, 1.82) is 0 Å². The summed E-state index contributed by atoms with van der Waals surface area (Å²) in [5, 5.41) is 18.1. The summed E-state index contributed by atoms with van der Waals surface area (Å²) in [6.45, 7) is 0. The van der Waals surface area contributed by atoms with Gasteiger partial charge in [0, 0.05) is 6.42 Å². The molecule has 0 heterocycles. The van der Waals surface area contributed by atoms with Gasteiger partial charge in [-0.05, 0) is 27.6 Å². The maximum atomic E-state index is 11.0. The molecule has 0 aromatic heterocycles. The van der Waals surface area contributed by atoms with Gasteiger partial charge in [-0.1, -0.05) is 6.07 Å². The minimum atomic E-state index is -1.50. The van der Waals surface area contributed by atoms with E-state index in [9.17, 15) is 14.7 Å². The molecule has 86 valence electrons. The third-order valence-corrected chi connectivity index (χ3v) is 2.85. The molecular formula is C10H9BrO5. The van der Waals surface area contributed by atoms with E-state index >= 15 is 0 Å². The molecule has 0 saturated heterocycles. The van der Waals surface area contributed by atoms with Crippen LogP contribution in [0.4, 0.5) is 0 Å². The first-order valence-corrected chi connectivity index (χ1v) is 5.07. The van der Waals surface area contributed by atoms with Crippen molar-refractivity contribution in [2.45, 2.75) is 6.42 Å². The Kier molecular flexibility index (Phi) is 3.89. The Bertz CT molecular complexity index is 441. The fourth-order valence-corrected chi connectivity index (χ4v) is 1.61. The summed E-state index contributed by atoms with van der Waals surface area (Å²) in [4.78, 5) is 21.4. The zero-order chi connectivity index (χ0) is 12.3. The Morgan fingerprint density at radius 2 is 2.06 bits per heavy atom. The van der Waals surface area contributed by atoms with Gasteiger partial charge in [-0.25, -0.2) is 4.79 Å². The molecule has 1 aromatic rings. The third kappa shape index (κ3) is 2.52. The molecule has 0 saturated carbocycles. The highest BCUT2D eigenvalue weighted by molar-refractivity contribution is 9.10. The molecule has 0 radical (unpaired) electrons. The number of carbonyl (C=O) groups excluding carboxylic acids is 1. The Balaban J connectivity index is 3.04. The van der Waals surface area contributed by atoms with Gasteiger partial charge in [0.25, 0.3) is 0 Å². The number of phenolic OH excluding ortho intramolecular Hbond substituents is 1. The predicted octanol–water partition coefficient (Wildman–Crippen LogP) is 1.36. The summed E-state index contributed by atoms with van der Waals surface area (Å²) in [6, 6.07) is 2.98. The Morgan fingerprint density at radius 1 is 1.44 bits per heavy atom. The molecule has 0 fully saturated rings. The molecule has 0 bridgehead atoms. The molecule has 1 aromatic carbocycles. The van der Waals surface area contributed by atoms with E-state index < -0.39 is 11.8 Å². The van der Waals surface area contributed by atoms with E-state index in [4.69, 9.17) is 9.84 Å². The quantitative estimate of drug-likeness (QED) is 0.818. The van der Waals surface area contributed by atoms with Crippen LogP contribution in [0.1, 0.15) is 5.56 Å². The number of ketones is 1. The van der Waals surface area contributed by atoms with Crippen molar-refractivity contribution in [3.63, 3.8) is 0 Å². The second-order valence-corrected chi connectivity index (χ2v) is 3.79. The van der Waals surface area contributed by atoms with Gasteiger partial charge in [0.1, 0.15) is 0 Å². The highest BCUT2D eigenvalue weighted by atomic mass is 79.9. The van der Waals surface area contributed by atoms with Gasteiger partial charge in [-0.3, -0.25) is 4.79 Å². The zero-order valence-electron chi connectivity index (χ0n) is 8.36. The molecule has 0 spiro atoms. The highest BCUT2D eigenvalue weighted by Crippen LogP contribution is 2.36. The topological polar surface area (TPSA) is 83.8 Å².